The van der Waals surface area contributed by atoms with Crippen molar-refractivity contribution in [2.45, 2.75) is 43.0 Å². The van der Waals surface area contributed by atoms with Crippen molar-refractivity contribution in [3.63, 3.8) is 0 Å². The molecule has 8 nitrogen and oxygen atoms in total. The number of sulfonamides is 1. The van der Waals surface area contributed by atoms with Gasteiger partial charge in [0.1, 0.15) is 0 Å². The van der Waals surface area contributed by atoms with Crippen LogP contribution in [0.2, 0.25) is 0 Å². The molecule has 2 N–H and O–H groups in total. The van der Waals surface area contributed by atoms with Crippen LogP contribution in [0.1, 0.15) is 40.2 Å². The molecule has 2 aromatic rings. The second-order valence-electron chi connectivity index (χ2n) is 7.30. The molecule has 156 valence electrons. The fourth-order valence-electron chi connectivity index (χ4n) is 3.55. The van der Waals surface area contributed by atoms with Crippen LogP contribution in [-0.2, 0) is 32.7 Å². The number of thiazole rings is 1. The number of aryl methyl sites for hydroxylation is 2. The molecular weight excluding hydrogens is 434 g/mol. The van der Waals surface area contributed by atoms with E-state index < -0.39 is 31.8 Å². The van der Waals surface area contributed by atoms with E-state index in [1.807, 2.05) is 0 Å². The van der Waals surface area contributed by atoms with Crippen LogP contribution in [0.4, 0.5) is 5.13 Å². The molecule has 1 aliphatic carbocycles. The van der Waals surface area contributed by atoms with Crippen molar-refractivity contribution in [2.75, 3.05) is 16.8 Å². The highest BCUT2D eigenvalue weighted by Gasteiger charge is 2.31. The molecule has 1 amide bonds. The number of nitrogens with one attached hydrogen (secondary N) is 2. The van der Waals surface area contributed by atoms with Crippen LogP contribution in [0.3, 0.4) is 0 Å². The zero-order chi connectivity index (χ0) is 20.6. The van der Waals surface area contributed by atoms with Crippen LogP contribution in [-0.4, -0.2) is 45.3 Å². The van der Waals surface area contributed by atoms with Crippen LogP contribution >= 0.6 is 11.3 Å². The predicted octanol–water partition coefficient (Wildman–Crippen LogP) is 1.74. The highest BCUT2D eigenvalue weighted by Crippen LogP contribution is 2.29. The first-order chi connectivity index (χ1) is 13.7. The molecule has 1 aromatic heterocycles. The number of benzene rings is 1. The zero-order valence-corrected chi connectivity index (χ0v) is 18.0. The highest BCUT2D eigenvalue weighted by atomic mass is 32.2. The third kappa shape index (κ3) is 4.68. The number of carbonyl (C=O) groups is 1. The van der Waals surface area contributed by atoms with Gasteiger partial charge >= 0.3 is 0 Å². The molecule has 1 atom stereocenters. The Balaban J connectivity index is 1.49. The molecular formula is C18H21N3O5S3. The lowest BCUT2D eigenvalue weighted by molar-refractivity contribution is 0.102. The van der Waals surface area contributed by atoms with E-state index in [0.29, 0.717) is 5.13 Å². The van der Waals surface area contributed by atoms with E-state index in [1.54, 1.807) is 0 Å². The number of sulfone groups is 1. The van der Waals surface area contributed by atoms with Crippen molar-refractivity contribution in [1.29, 1.82) is 0 Å². The standard InChI is InChI=1S/C18H21N3O5S3/c22-17(20-18-19-15-6-1-2-7-16(15)27-18)12-4-3-5-14(10-12)29(25,26)21-13-8-9-28(23,24)11-13/h3-5,10,13,21H,1-2,6-9,11H2,(H,19,20,22). The molecule has 29 heavy (non-hydrogen) atoms. The van der Waals surface area contributed by atoms with Crippen LogP contribution in [0.15, 0.2) is 29.2 Å². The van der Waals surface area contributed by atoms with Crippen molar-refractivity contribution in [3.8, 4) is 0 Å². The fraction of sp³-hybridized carbons (Fsp3) is 0.444. The summed E-state index contributed by atoms with van der Waals surface area (Å²) in [6.07, 6.45) is 4.35. The maximum atomic E-state index is 12.6. The number of rotatable bonds is 5. The van der Waals surface area contributed by atoms with Crippen molar-refractivity contribution in [3.05, 3.63) is 40.4 Å². The van der Waals surface area contributed by atoms with Gasteiger partial charge in [-0.2, -0.15) is 0 Å². The number of nitrogens with zero attached hydrogens (tertiary/aromatic N) is 1. The van der Waals surface area contributed by atoms with Gasteiger partial charge in [0.2, 0.25) is 10.0 Å². The number of amides is 1. The van der Waals surface area contributed by atoms with E-state index in [2.05, 4.69) is 15.0 Å². The minimum Gasteiger partial charge on any atom is -0.298 e. The lowest BCUT2D eigenvalue weighted by Gasteiger charge is -2.12. The fourth-order valence-corrected chi connectivity index (χ4v) is 7.69. The van der Waals surface area contributed by atoms with E-state index in [-0.39, 0.29) is 28.4 Å². The van der Waals surface area contributed by atoms with Gasteiger partial charge < -0.3 is 0 Å². The summed E-state index contributed by atoms with van der Waals surface area (Å²) in [5.41, 5.74) is 1.23. The lowest BCUT2D eigenvalue weighted by atomic mass is 10.0. The SMILES string of the molecule is O=C(Nc1nc2c(s1)CCCC2)c1cccc(S(=O)(=O)NC2CCS(=O)(=O)C2)c1. The van der Waals surface area contributed by atoms with Crippen LogP contribution in [0, 0.1) is 0 Å². The molecule has 1 fully saturated rings. The number of fused-ring (bicyclic) bond motifs is 1. The Morgan fingerprint density at radius 3 is 2.72 bits per heavy atom. The quantitative estimate of drug-likeness (QED) is 0.708. The molecule has 1 unspecified atom stereocenters. The molecule has 1 saturated heterocycles. The molecule has 0 saturated carbocycles. The Morgan fingerprint density at radius 2 is 2.00 bits per heavy atom. The first kappa shape index (κ1) is 20.5. The normalized spacial score (nSPS) is 20.9. The first-order valence-electron chi connectivity index (χ1n) is 9.35. The Labute approximate surface area is 173 Å². The number of hydrogen-bond donors (Lipinski definition) is 2. The van der Waals surface area contributed by atoms with Crippen molar-refractivity contribution in [1.82, 2.24) is 9.71 Å². The number of carbonyl (C=O) groups excluding carboxylic acids is 1. The van der Waals surface area contributed by atoms with E-state index >= 15 is 0 Å². The summed E-state index contributed by atoms with van der Waals surface area (Å²) in [5, 5.41) is 3.27. The summed E-state index contributed by atoms with van der Waals surface area (Å²) >= 11 is 1.46. The monoisotopic (exact) mass is 455 g/mol. The van der Waals surface area contributed by atoms with Gasteiger partial charge in [-0.1, -0.05) is 6.07 Å². The average Bonchev–Trinajstić information content (AvgIpc) is 3.23. The van der Waals surface area contributed by atoms with Crippen LogP contribution < -0.4 is 10.0 Å². The maximum Gasteiger partial charge on any atom is 0.257 e. The molecule has 1 aromatic carbocycles. The molecule has 4 rings (SSSR count). The summed E-state index contributed by atoms with van der Waals surface area (Å²) in [4.78, 5) is 18.2. The minimum atomic E-state index is -3.93. The first-order valence-corrected chi connectivity index (χ1v) is 13.5. The van der Waals surface area contributed by atoms with Crippen LogP contribution in [0.5, 0.6) is 0 Å². The Kier molecular flexibility index (Phi) is 5.49. The van der Waals surface area contributed by atoms with Gasteiger partial charge in [0.15, 0.2) is 15.0 Å². The summed E-state index contributed by atoms with van der Waals surface area (Å²) in [5.74, 6) is -0.668. The lowest BCUT2D eigenvalue weighted by Crippen LogP contribution is -2.35. The third-order valence-electron chi connectivity index (χ3n) is 5.03. The Bertz CT molecular complexity index is 1130. The predicted molar refractivity (Wildman–Crippen MR) is 111 cm³/mol. The molecule has 0 bridgehead atoms. The zero-order valence-electron chi connectivity index (χ0n) is 15.5. The number of anilines is 1. The molecule has 1 aliphatic heterocycles. The van der Waals surface area contributed by atoms with Gasteiger partial charge in [0.25, 0.3) is 5.91 Å². The van der Waals surface area contributed by atoms with Gasteiger partial charge in [-0.25, -0.2) is 26.5 Å². The van der Waals surface area contributed by atoms with Gasteiger partial charge in [-0.3, -0.25) is 10.1 Å². The van der Waals surface area contributed by atoms with E-state index in [0.717, 1.165) is 31.4 Å². The number of aromatic nitrogens is 1. The minimum absolute atomic E-state index is 0.0274. The maximum absolute atomic E-state index is 12.6. The molecule has 11 heteroatoms. The second kappa shape index (κ2) is 7.78. The van der Waals surface area contributed by atoms with Crippen LogP contribution in [0.25, 0.3) is 0 Å². The van der Waals surface area contributed by atoms with Crippen molar-refractivity contribution < 1.29 is 21.6 Å². The number of hydrogen-bond acceptors (Lipinski definition) is 7. The van der Waals surface area contributed by atoms with E-state index in [1.165, 1.54) is 40.5 Å². The Hall–Kier alpha value is -1.82. The van der Waals surface area contributed by atoms with Crippen molar-refractivity contribution in [2.24, 2.45) is 0 Å². The van der Waals surface area contributed by atoms with Gasteiger partial charge in [-0.05, 0) is 50.3 Å². The summed E-state index contributed by atoms with van der Waals surface area (Å²) in [6, 6.07) is 5.03. The summed E-state index contributed by atoms with van der Waals surface area (Å²) in [6.45, 7) is 0. The second-order valence-corrected chi connectivity index (χ2v) is 12.3. The van der Waals surface area contributed by atoms with Crippen molar-refractivity contribution >= 4 is 42.2 Å². The molecule has 2 heterocycles. The summed E-state index contributed by atoms with van der Waals surface area (Å²) in [7, 11) is -7.14. The average molecular weight is 456 g/mol. The van der Waals surface area contributed by atoms with E-state index in [4.69, 9.17) is 0 Å². The molecule has 2 aliphatic rings. The van der Waals surface area contributed by atoms with Gasteiger partial charge in [-0.15, -0.1) is 11.3 Å². The van der Waals surface area contributed by atoms with E-state index in [9.17, 15) is 21.6 Å². The highest BCUT2D eigenvalue weighted by molar-refractivity contribution is 7.92. The van der Waals surface area contributed by atoms with Gasteiger partial charge in [0.05, 0.1) is 22.1 Å². The molecule has 0 radical (unpaired) electrons. The van der Waals surface area contributed by atoms with Gasteiger partial charge in [0, 0.05) is 16.5 Å². The topological polar surface area (TPSA) is 122 Å². The Morgan fingerprint density at radius 1 is 1.21 bits per heavy atom. The largest absolute Gasteiger partial charge is 0.298 e. The third-order valence-corrected chi connectivity index (χ3v) is 9.39. The molecule has 0 spiro atoms. The smallest absolute Gasteiger partial charge is 0.257 e. The summed E-state index contributed by atoms with van der Waals surface area (Å²) < 4.78 is 50.8.